The van der Waals surface area contributed by atoms with Crippen LogP contribution in [0.4, 0.5) is 0 Å². The fourth-order valence-corrected chi connectivity index (χ4v) is 4.88. The van der Waals surface area contributed by atoms with E-state index in [1.165, 1.54) is 5.56 Å². The summed E-state index contributed by atoms with van der Waals surface area (Å²) in [5.74, 6) is 1.55. The highest BCUT2D eigenvalue weighted by Crippen LogP contribution is 2.18. The highest BCUT2D eigenvalue weighted by Gasteiger charge is 2.27. The SMILES string of the molecule is CN=C(NCC1CCS(=O)(=O)C1)N(C)Cc1ccccc1Br.I. The molecule has 8 heteroatoms. The van der Waals surface area contributed by atoms with Gasteiger partial charge in [-0.15, -0.1) is 24.0 Å². The minimum absolute atomic E-state index is 0. The standard InChI is InChI=1S/C15H22BrN3O2S.HI/c1-17-15(18-9-12-7-8-22(20,21)11-12)19(2)10-13-5-3-4-6-14(13)16;/h3-6,12H,7-11H2,1-2H3,(H,17,18);1H. The zero-order chi connectivity index (χ0) is 16.2. The molecule has 0 aromatic heterocycles. The van der Waals surface area contributed by atoms with Crippen molar-refractivity contribution in [3.05, 3.63) is 34.3 Å². The van der Waals surface area contributed by atoms with Crippen LogP contribution in [0.3, 0.4) is 0 Å². The molecule has 0 amide bonds. The van der Waals surface area contributed by atoms with Crippen LogP contribution in [0.15, 0.2) is 33.7 Å². The van der Waals surface area contributed by atoms with Gasteiger partial charge in [-0.25, -0.2) is 8.42 Å². The third kappa shape index (κ3) is 6.22. The molecule has 0 radical (unpaired) electrons. The highest BCUT2D eigenvalue weighted by atomic mass is 127. The molecule has 0 aliphatic carbocycles. The lowest BCUT2D eigenvalue weighted by molar-refractivity contribution is 0.463. The highest BCUT2D eigenvalue weighted by molar-refractivity contribution is 14.0. The Labute approximate surface area is 164 Å². The minimum atomic E-state index is -2.82. The van der Waals surface area contributed by atoms with E-state index < -0.39 is 9.84 Å². The van der Waals surface area contributed by atoms with Gasteiger partial charge in [-0.3, -0.25) is 4.99 Å². The molecule has 1 aliphatic heterocycles. The third-order valence-electron chi connectivity index (χ3n) is 3.81. The number of benzene rings is 1. The first kappa shape index (κ1) is 20.7. The van der Waals surface area contributed by atoms with Crippen molar-refractivity contribution in [2.45, 2.75) is 13.0 Å². The van der Waals surface area contributed by atoms with Crippen molar-refractivity contribution in [2.24, 2.45) is 10.9 Å². The van der Waals surface area contributed by atoms with E-state index in [9.17, 15) is 8.42 Å². The number of sulfone groups is 1. The molecule has 2 rings (SSSR count). The van der Waals surface area contributed by atoms with Crippen LogP contribution in [0.2, 0.25) is 0 Å². The summed E-state index contributed by atoms with van der Waals surface area (Å²) < 4.78 is 24.1. The van der Waals surface area contributed by atoms with Crippen LogP contribution in [0, 0.1) is 5.92 Å². The molecular formula is C15H23BrIN3O2S. The monoisotopic (exact) mass is 515 g/mol. The fraction of sp³-hybridized carbons (Fsp3) is 0.533. The van der Waals surface area contributed by atoms with Crippen LogP contribution in [-0.4, -0.2) is 51.4 Å². The summed E-state index contributed by atoms with van der Waals surface area (Å²) in [6.45, 7) is 1.37. The Bertz CT molecular complexity index is 652. The minimum Gasteiger partial charge on any atom is -0.356 e. The summed E-state index contributed by atoms with van der Waals surface area (Å²) in [4.78, 5) is 6.31. The maximum absolute atomic E-state index is 11.5. The Morgan fingerprint density at radius 3 is 2.70 bits per heavy atom. The van der Waals surface area contributed by atoms with E-state index in [1.807, 2.05) is 30.1 Å². The van der Waals surface area contributed by atoms with Crippen LogP contribution in [0.1, 0.15) is 12.0 Å². The number of rotatable bonds is 4. The molecule has 1 heterocycles. The molecule has 1 N–H and O–H groups in total. The van der Waals surface area contributed by atoms with E-state index >= 15 is 0 Å². The summed E-state index contributed by atoms with van der Waals surface area (Å²) in [6, 6.07) is 8.08. The van der Waals surface area contributed by atoms with Crippen molar-refractivity contribution in [3.8, 4) is 0 Å². The maximum Gasteiger partial charge on any atom is 0.193 e. The Hall–Kier alpha value is -0.350. The first-order valence-corrected chi connectivity index (χ1v) is 9.88. The molecule has 1 unspecified atom stereocenters. The fourth-order valence-electron chi connectivity index (χ4n) is 2.61. The van der Waals surface area contributed by atoms with Crippen molar-refractivity contribution in [1.29, 1.82) is 0 Å². The topological polar surface area (TPSA) is 61.8 Å². The van der Waals surface area contributed by atoms with E-state index in [0.29, 0.717) is 12.3 Å². The van der Waals surface area contributed by atoms with Gasteiger partial charge in [0.15, 0.2) is 15.8 Å². The smallest absolute Gasteiger partial charge is 0.193 e. The molecule has 0 bridgehead atoms. The number of hydrogen-bond acceptors (Lipinski definition) is 3. The second-order valence-corrected chi connectivity index (χ2v) is 8.73. The molecule has 5 nitrogen and oxygen atoms in total. The Balaban J connectivity index is 0.00000264. The van der Waals surface area contributed by atoms with Gasteiger partial charge in [0.05, 0.1) is 11.5 Å². The third-order valence-corrected chi connectivity index (χ3v) is 6.42. The number of nitrogens with zero attached hydrogens (tertiary/aromatic N) is 2. The average Bonchev–Trinajstić information content (AvgIpc) is 2.81. The quantitative estimate of drug-likeness (QED) is 0.380. The molecule has 1 saturated heterocycles. The van der Waals surface area contributed by atoms with Crippen molar-refractivity contribution in [2.75, 3.05) is 32.1 Å². The van der Waals surface area contributed by atoms with Crippen molar-refractivity contribution < 1.29 is 8.42 Å². The van der Waals surface area contributed by atoms with Crippen LogP contribution < -0.4 is 5.32 Å². The average molecular weight is 516 g/mol. The number of hydrogen-bond donors (Lipinski definition) is 1. The zero-order valence-corrected chi connectivity index (χ0v) is 18.1. The van der Waals surface area contributed by atoms with Gasteiger partial charge in [0.25, 0.3) is 0 Å². The van der Waals surface area contributed by atoms with Gasteiger partial charge in [0, 0.05) is 31.7 Å². The molecule has 0 saturated carbocycles. The van der Waals surface area contributed by atoms with E-state index in [2.05, 4.69) is 32.3 Å². The van der Waals surface area contributed by atoms with Crippen molar-refractivity contribution >= 4 is 55.7 Å². The van der Waals surface area contributed by atoms with Gasteiger partial charge in [-0.1, -0.05) is 34.1 Å². The van der Waals surface area contributed by atoms with E-state index in [4.69, 9.17) is 0 Å². The normalized spacial score (nSPS) is 20.0. The van der Waals surface area contributed by atoms with Gasteiger partial charge in [0.2, 0.25) is 0 Å². The number of nitrogens with one attached hydrogen (secondary N) is 1. The molecule has 1 atom stereocenters. The van der Waals surface area contributed by atoms with Crippen LogP contribution >= 0.6 is 39.9 Å². The summed E-state index contributed by atoms with van der Waals surface area (Å²) in [7, 11) is 0.889. The number of aliphatic imine (C=N–C) groups is 1. The van der Waals surface area contributed by atoms with Gasteiger partial charge in [-0.2, -0.15) is 0 Å². The zero-order valence-electron chi connectivity index (χ0n) is 13.3. The summed E-state index contributed by atoms with van der Waals surface area (Å²) >= 11 is 3.55. The Morgan fingerprint density at radius 1 is 1.43 bits per heavy atom. The van der Waals surface area contributed by atoms with E-state index in [0.717, 1.165) is 23.4 Å². The maximum atomic E-state index is 11.5. The predicted molar refractivity (Wildman–Crippen MR) is 109 cm³/mol. The largest absolute Gasteiger partial charge is 0.356 e. The lowest BCUT2D eigenvalue weighted by atomic mass is 10.1. The van der Waals surface area contributed by atoms with Gasteiger partial charge in [0.1, 0.15) is 0 Å². The second-order valence-electron chi connectivity index (χ2n) is 5.64. The number of guanidine groups is 1. The predicted octanol–water partition coefficient (Wildman–Crippen LogP) is 2.51. The van der Waals surface area contributed by atoms with Crippen LogP contribution in [-0.2, 0) is 16.4 Å². The van der Waals surface area contributed by atoms with Crippen LogP contribution in [0.25, 0.3) is 0 Å². The molecular weight excluding hydrogens is 493 g/mol. The molecule has 1 aromatic rings. The van der Waals surface area contributed by atoms with Crippen molar-refractivity contribution in [1.82, 2.24) is 10.2 Å². The molecule has 23 heavy (non-hydrogen) atoms. The van der Waals surface area contributed by atoms with Gasteiger partial charge < -0.3 is 10.2 Å². The number of halogens is 2. The van der Waals surface area contributed by atoms with E-state index in [-0.39, 0.29) is 35.6 Å². The summed E-state index contributed by atoms with van der Waals surface area (Å²) in [6.07, 6.45) is 0.736. The Morgan fingerprint density at radius 2 is 2.13 bits per heavy atom. The van der Waals surface area contributed by atoms with Gasteiger partial charge in [-0.05, 0) is 24.0 Å². The second kappa shape index (κ2) is 9.22. The Kier molecular flexibility index (Phi) is 8.29. The lowest BCUT2D eigenvalue weighted by Gasteiger charge is -2.23. The van der Waals surface area contributed by atoms with Gasteiger partial charge >= 0.3 is 0 Å². The molecule has 1 aromatic carbocycles. The van der Waals surface area contributed by atoms with Crippen LogP contribution in [0.5, 0.6) is 0 Å². The first-order chi connectivity index (χ1) is 10.4. The lowest BCUT2D eigenvalue weighted by Crippen LogP contribution is -2.40. The molecule has 0 spiro atoms. The summed E-state index contributed by atoms with van der Waals surface area (Å²) in [5, 5.41) is 3.28. The molecule has 130 valence electrons. The summed E-state index contributed by atoms with van der Waals surface area (Å²) in [5.41, 5.74) is 1.18. The molecule has 1 fully saturated rings. The molecule has 1 aliphatic rings. The van der Waals surface area contributed by atoms with Crippen molar-refractivity contribution in [3.63, 3.8) is 0 Å². The first-order valence-electron chi connectivity index (χ1n) is 7.27. The van der Waals surface area contributed by atoms with E-state index in [1.54, 1.807) is 7.05 Å².